The smallest absolute Gasteiger partial charge is 0.333 e. The van der Waals surface area contributed by atoms with Crippen LogP contribution in [0.1, 0.15) is 17.9 Å². The summed E-state index contributed by atoms with van der Waals surface area (Å²) in [5, 5.41) is 8.59. The predicted molar refractivity (Wildman–Crippen MR) is 195 cm³/mol. The monoisotopic (exact) mass is 720 g/mol. The van der Waals surface area contributed by atoms with Crippen molar-refractivity contribution in [1.29, 1.82) is 0 Å². The zero-order valence-electron chi connectivity index (χ0n) is 29.2. The molecular formula is C35H42F2N10O3S. The number of anilines is 2. The van der Waals surface area contributed by atoms with Gasteiger partial charge in [-0.15, -0.1) is 0 Å². The van der Waals surface area contributed by atoms with E-state index in [0.717, 1.165) is 33.9 Å². The van der Waals surface area contributed by atoms with E-state index in [1.54, 1.807) is 17.8 Å². The van der Waals surface area contributed by atoms with Crippen LogP contribution in [-0.2, 0) is 29.3 Å². The van der Waals surface area contributed by atoms with Gasteiger partial charge < -0.3 is 28.6 Å². The molecule has 0 spiro atoms. The highest BCUT2D eigenvalue weighted by molar-refractivity contribution is 8.32. The number of nitrogens with zero attached hydrogens (tertiary/aromatic N) is 10. The maximum absolute atomic E-state index is 13.5. The van der Waals surface area contributed by atoms with Crippen LogP contribution in [0.4, 0.5) is 20.7 Å². The first kappa shape index (κ1) is 34.6. The number of hydrogen-bond donors (Lipinski definition) is 0. The van der Waals surface area contributed by atoms with Crippen molar-refractivity contribution in [2.45, 2.75) is 26.4 Å². The van der Waals surface area contributed by atoms with Gasteiger partial charge in [-0.3, -0.25) is 0 Å². The molecule has 0 radical (unpaired) electrons. The Balaban J connectivity index is 1.34. The van der Waals surface area contributed by atoms with Crippen molar-refractivity contribution in [2.75, 3.05) is 74.3 Å². The number of aromatic nitrogens is 8. The Morgan fingerprint density at radius 2 is 1.73 bits per heavy atom. The van der Waals surface area contributed by atoms with E-state index >= 15 is 0 Å². The molecule has 16 heteroatoms. The largest absolute Gasteiger partial charge is 0.497 e. The van der Waals surface area contributed by atoms with Crippen LogP contribution in [-0.4, -0.2) is 103 Å². The van der Waals surface area contributed by atoms with Crippen LogP contribution in [0.15, 0.2) is 67.1 Å². The first-order valence-corrected chi connectivity index (χ1v) is 19.7. The van der Waals surface area contributed by atoms with E-state index in [1.807, 2.05) is 42.5 Å². The molecule has 0 atom stereocenters. The third kappa shape index (κ3) is 7.77. The van der Waals surface area contributed by atoms with Gasteiger partial charge in [-0.25, -0.2) is 19.7 Å². The first-order chi connectivity index (χ1) is 24.7. The molecule has 0 N–H and O–H groups in total. The quantitative estimate of drug-likeness (QED) is 0.135. The fourth-order valence-electron chi connectivity index (χ4n) is 5.92. The molecule has 5 heterocycles. The highest BCUT2D eigenvalue weighted by Gasteiger charge is 2.25. The summed E-state index contributed by atoms with van der Waals surface area (Å²) in [6.07, 6.45) is 11.2. The summed E-state index contributed by atoms with van der Waals surface area (Å²) in [4.78, 5) is 19.3. The van der Waals surface area contributed by atoms with Crippen LogP contribution in [0.25, 0.3) is 27.8 Å². The molecule has 0 bridgehead atoms. The Hall–Kier alpha value is -4.80. The Kier molecular flexibility index (Phi) is 10.1. The summed E-state index contributed by atoms with van der Waals surface area (Å²) in [5.41, 5.74) is 4.34. The van der Waals surface area contributed by atoms with Gasteiger partial charge in [-0.1, -0.05) is 24.3 Å². The van der Waals surface area contributed by atoms with E-state index in [2.05, 4.69) is 44.3 Å². The second-order valence-electron chi connectivity index (χ2n) is 13.2. The van der Waals surface area contributed by atoms with Crippen LogP contribution < -0.4 is 14.5 Å². The number of rotatable bonds is 14. The van der Waals surface area contributed by atoms with E-state index in [9.17, 15) is 8.78 Å². The summed E-state index contributed by atoms with van der Waals surface area (Å²) in [7, 11) is 0.928. The van der Waals surface area contributed by atoms with Crippen molar-refractivity contribution >= 4 is 38.6 Å². The zero-order chi connectivity index (χ0) is 35.5. The molecule has 4 aromatic heterocycles. The fraction of sp³-hybridized carbons (Fsp3) is 0.400. The van der Waals surface area contributed by atoms with Crippen molar-refractivity contribution in [3.63, 3.8) is 0 Å². The summed E-state index contributed by atoms with van der Waals surface area (Å²) in [6, 6.07) is 15.9. The summed E-state index contributed by atoms with van der Waals surface area (Å²) in [5.74, 6) is 3.55. The Morgan fingerprint density at radius 1 is 0.941 bits per heavy atom. The highest BCUT2D eigenvalue weighted by Crippen LogP contribution is 2.34. The summed E-state index contributed by atoms with van der Waals surface area (Å²) in [6.45, 7) is 1.28. The fourth-order valence-corrected chi connectivity index (χ4v) is 6.54. The molecule has 1 fully saturated rings. The molecule has 6 aromatic rings. The first-order valence-electron chi connectivity index (χ1n) is 16.6. The second kappa shape index (κ2) is 14.8. The topological polar surface area (TPSA) is 113 Å². The number of ether oxygens (including phenoxy) is 3. The number of imidazole rings is 1. The minimum atomic E-state index is -2.77. The van der Waals surface area contributed by atoms with Crippen molar-refractivity contribution in [3.8, 4) is 16.9 Å². The van der Waals surface area contributed by atoms with Crippen molar-refractivity contribution in [2.24, 2.45) is 0 Å². The van der Waals surface area contributed by atoms with Gasteiger partial charge in [-0.2, -0.15) is 33.5 Å². The maximum Gasteiger partial charge on any atom is 0.333 e. The van der Waals surface area contributed by atoms with Crippen LogP contribution in [0, 0.1) is 0 Å². The van der Waals surface area contributed by atoms with Crippen molar-refractivity contribution in [1.82, 2.24) is 38.9 Å². The highest BCUT2D eigenvalue weighted by atomic mass is 32.3. The number of alkyl halides is 2. The number of hydrogen-bond acceptors (Lipinski definition) is 10. The lowest BCUT2D eigenvalue weighted by Crippen LogP contribution is -2.38. The van der Waals surface area contributed by atoms with Gasteiger partial charge in [0.15, 0.2) is 5.65 Å². The van der Waals surface area contributed by atoms with Gasteiger partial charge in [0.2, 0.25) is 11.9 Å². The van der Waals surface area contributed by atoms with Crippen LogP contribution in [0.2, 0.25) is 0 Å². The Morgan fingerprint density at radius 3 is 2.45 bits per heavy atom. The van der Waals surface area contributed by atoms with Crippen molar-refractivity contribution in [3.05, 3.63) is 78.5 Å². The summed E-state index contributed by atoms with van der Waals surface area (Å²) < 4.78 is 48.8. The molecule has 0 saturated carbocycles. The zero-order valence-corrected chi connectivity index (χ0v) is 30.0. The average molecular weight is 721 g/mol. The molecule has 51 heavy (non-hydrogen) atoms. The lowest BCUT2D eigenvalue weighted by Gasteiger charge is -2.29. The van der Waals surface area contributed by atoms with E-state index in [4.69, 9.17) is 34.3 Å². The molecule has 1 aliphatic heterocycles. The number of morpholine rings is 1. The van der Waals surface area contributed by atoms with E-state index in [0.29, 0.717) is 86.1 Å². The van der Waals surface area contributed by atoms with E-state index in [1.165, 1.54) is 12.4 Å². The number of halogens is 2. The Bertz CT molecular complexity index is 2090. The molecule has 0 amide bonds. The molecule has 270 valence electrons. The normalized spacial score (nSPS) is 14.2. The SMILES string of the molecule is COc1ccc(CN(Cc2nc3ccccc3n2COCCS(C)(C)C)c2nc(N3CCOCC3)nc3c(-c4cnn(C(F)F)c4)cnn23)cc1. The minimum Gasteiger partial charge on any atom is -0.497 e. The minimum absolute atomic E-state index is 0.347. The van der Waals surface area contributed by atoms with Crippen LogP contribution in [0.3, 0.4) is 0 Å². The number of methoxy groups -OCH3 is 1. The number of benzene rings is 2. The van der Waals surface area contributed by atoms with Gasteiger partial charge in [0, 0.05) is 42.7 Å². The molecule has 0 aliphatic carbocycles. The molecular weight excluding hydrogens is 679 g/mol. The molecule has 7 rings (SSSR count). The van der Waals surface area contributed by atoms with Gasteiger partial charge in [0.25, 0.3) is 0 Å². The second-order valence-corrected chi connectivity index (χ2v) is 17.8. The third-order valence-electron chi connectivity index (χ3n) is 8.69. The van der Waals surface area contributed by atoms with Crippen molar-refractivity contribution < 1.29 is 23.0 Å². The molecule has 1 aliphatic rings. The predicted octanol–water partition coefficient (Wildman–Crippen LogP) is 5.45. The van der Waals surface area contributed by atoms with Crippen LogP contribution >= 0.6 is 10.0 Å². The molecule has 13 nitrogen and oxygen atoms in total. The molecule has 0 unspecified atom stereocenters. The molecule has 2 aromatic carbocycles. The van der Waals surface area contributed by atoms with Gasteiger partial charge in [0.05, 0.1) is 56.9 Å². The lowest BCUT2D eigenvalue weighted by atomic mass is 10.2. The van der Waals surface area contributed by atoms with Crippen LogP contribution in [0.5, 0.6) is 5.75 Å². The average Bonchev–Trinajstić information content (AvgIpc) is 3.87. The summed E-state index contributed by atoms with van der Waals surface area (Å²) >= 11 is 0. The lowest BCUT2D eigenvalue weighted by molar-refractivity contribution is 0.0566. The standard InChI is InChI=1S/C35H42F2N10O3S/c1-48-27-11-9-25(10-12-27)21-44(23-31-40-29-7-5-6-8-30(29)45(31)24-50-17-18-51(2,3)4)35-42-34(43-13-15-49-16-14-43)41-32-28(20-39-47(32)35)26-19-38-46(22-26)33(36)37/h5-12,19-20,22,33H,13-18,21,23-24H2,1-4H3. The Labute approximate surface area is 296 Å². The maximum atomic E-state index is 13.5. The third-order valence-corrected chi connectivity index (χ3v) is 10.1. The van der Waals surface area contributed by atoms with Gasteiger partial charge in [-0.05, 0) is 48.6 Å². The number of fused-ring (bicyclic) bond motifs is 2. The van der Waals surface area contributed by atoms with Gasteiger partial charge in [0.1, 0.15) is 18.3 Å². The van der Waals surface area contributed by atoms with E-state index in [-0.39, 0.29) is 0 Å². The van der Waals surface area contributed by atoms with E-state index < -0.39 is 16.6 Å². The molecule has 1 saturated heterocycles. The number of para-hydroxylation sites is 2. The van der Waals surface area contributed by atoms with Gasteiger partial charge >= 0.3 is 6.55 Å².